The third-order valence-corrected chi connectivity index (χ3v) is 5.81. The fraction of sp³-hybridized carbons (Fsp3) is 0.391. The summed E-state index contributed by atoms with van der Waals surface area (Å²) in [6, 6.07) is 7.43. The summed E-state index contributed by atoms with van der Waals surface area (Å²) in [6.07, 6.45) is 1.44. The minimum atomic E-state index is -0.885. The van der Waals surface area contributed by atoms with Gasteiger partial charge in [-0.1, -0.05) is 19.1 Å². The van der Waals surface area contributed by atoms with Crippen LogP contribution in [0.25, 0.3) is 0 Å². The Bertz CT molecular complexity index is 1020. The van der Waals surface area contributed by atoms with Crippen molar-refractivity contribution in [3.8, 4) is 5.75 Å². The standard InChI is InChI=1S/C23H24F2N2O3/c1-13-10-17-21(19(25)20(13)26-18(28)11-23(3)8-9-23)30-14(2)22(29)27(17)12-15-4-6-16(24)7-5-15/h4-7,10,14H,8-9,11-12H2,1-3H3,(H,26,28). The fourth-order valence-electron chi connectivity index (χ4n) is 3.67. The maximum Gasteiger partial charge on any atom is 0.268 e. The predicted molar refractivity (Wildman–Crippen MR) is 109 cm³/mol. The molecule has 5 nitrogen and oxygen atoms in total. The van der Waals surface area contributed by atoms with Gasteiger partial charge in [0.15, 0.2) is 17.7 Å². The van der Waals surface area contributed by atoms with Crippen LogP contribution in [0.2, 0.25) is 0 Å². The second kappa shape index (κ2) is 7.38. The van der Waals surface area contributed by atoms with Crippen molar-refractivity contribution in [1.29, 1.82) is 0 Å². The van der Waals surface area contributed by atoms with E-state index in [-0.39, 0.29) is 41.0 Å². The zero-order chi connectivity index (χ0) is 21.6. The number of anilines is 2. The van der Waals surface area contributed by atoms with Gasteiger partial charge in [-0.15, -0.1) is 0 Å². The summed E-state index contributed by atoms with van der Waals surface area (Å²) >= 11 is 0. The number of hydrogen-bond donors (Lipinski definition) is 1. The zero-order valence-corrected chi connectivity index (χ0v) is 17.2. The number of carbonyl (C=O) groups is 2. The van der Waals surface area contributed by atoms with Crippen molar-refractivity contribution in [2.75, 3.05) is 10.2 Å². The number of amides is 2. The van der Waals surface area contributed by atoms with E-state index in [0.29, 0.717) is 23.2 Å². The second-order valence-electron chi connectivity index (χ2n) is 8.58. The minimum Gasteiger partial charge on any atom is -0.476 e. The molecule has 1 saturated carbocycles. The molecule has 158 valence electrons. The van der Waals surface area contributed by atoms with Crippen LogP contribution in [0, 0.1) is 24.0 Å². The Balaban J connectivity index is 1.66. The molecule has 7 heteroatoms. The van der Waals surface area contributed by atoms with E-state index >= 15 is 4.39 Å². The molecule has 1 atom stereocenters. The lowest BCUT2D eigenvalue weighted by atomic mass is 10.0. The van der Waals surface area contributed by atoms with Crippen LogP contribution in [0.15, 0.2) is 30.3 Å². The van der Waals surface area contributed by atoms with E-state index in [0.717, 1.165) is 12.8 Å². The number of carbonyl (C=O) groups excluding carboxylic acids is 2. The van der Waals surface area contributed by atoms with Gasteiger partial charge >= 0.3 is 0 Å². The molecule has 1 heterocycles. The monoisotopic (exact) mass is 414 g/mol. The quantitative estimate of drug-likeness (QED) is 0.771. The Hall–Kier alpha value is -2.96. The molecule has 0 bridgehead atoms. The molecule has 2 aromatic carbocycles. The third-order valence-electron chi connectivity index (χ3n) is 5.81. The molecule has 2 aliphatic rings. The second-order valence-corrected chi connectivity index (χ2v) is 8.58. The van der Waals surface area contributed by atoms with Crippen molar-refractivity contribution in [2.24, 2.45) is 5.41 Å². The van der Waals surface area contributed by atoms with Crippen molar-refractivity contribution in [1.82, 2.24) is 0 Å². The van der Waals surface area contributed by atoms with E-state index in [1.807, 2.05) is 6.92 Å². The van der Waals surface area contributed by atoms with Crippen molar-refractivity contribution in [3.63, 3.8) is 0 Å². The summed E-state index contributed by atoms with van der Waals surface area (Å²) in [4.78, 5) is 26.6. The van der Waals surface area contributed by atoms with Gasteiger partial charge in [0.1, 0.15) is 5.82 Å². The molecular formula is C23H24F2N2O3. The van der Waals surface area contributed by atoms with Crippen molar-refractivity contribution in [2.45, 2.75) is 52.7 Å². The number of ether oxygens (including phenoxy) is 1. The van der Waals surface area contributed by atoms with Crippen molar-refractivity contribution in [3.05, 3.63) is 53.1 Å². The molecule has 0 radical (unpaired) electrons. The molecule has 0 aromatic heterocycles. The predicted octanol–water partition coefficient (Wildman–Crippen LogP) is 4.72. The fourth-order valence-corrected chi connectivity index (χ4v) is 3.67. The SMILES string of the molecule is Cc1cc2c(c(F)c1NC(=O)CC1(C)CC1)OC(C)C(=O)N2Cc1ccc(F)cc1. The van der Waals surface area contributed by atoms with Crippen LogP contribution >= 0.6 is 0 Å². The highest BCUT2D eigenvalue weighted by Crippen LogP contribution is 2.48. The Morgan fingerprint density at radius 3 is 2.57 bits per heavy atom. The van der Waals surface area contributed by atoms with Crippen LogP contribution in [0.3, 0.4) is 0 Å². The van der Waals surface area contributed by atoms with Gasteiger partial charge in [0.25, 0.3) is 5.91 Å². The molecule has 1 unspecified atom stereocenters. The van der Waals surface area contributed by atoms with E-state index in [4.69, 9.17) is 4.74 Å². The van der Waals surface area contributed by atoms with Gasteiger partial charge < -0.3 is 15.0 Å². The van der Waals surface area contributed by atoms with Gasteiger partial charge in [-0.25, -0.2) is 8.78 Å². The van der Waals surface area contributed by atoms with Gasteiger partial charge in [0.2, 0.25) is 5.91 Å². The Morgan fingerprint density at radius 2 is 1.93 bits per heavy atom. The van der Waals surface area contributed by atoms with Crippen LogP contribution in [-0.4, -0.2) is 17.9 Å². The molecule has 1 fully saturated rings. The average Bonchev–Trinajstić information content (AvgIpc) is 3.41. The molecule has 2 aromatic rings. The molecule has 1 aliphatic heterocycles. The highest BCUT2D eigenvalue weighted by molar-refractivity contribution is 6.01. The van der Waals surface area contributed by atoms with E-state index < -0.39 is 11.9 Å². The van der Waals surface area contributed by atoms with Crippen LogP contribution in [0.5, 0.6) is 5.75 Å². The Morgan fingerprint density at radius 1 is 1.27 bits per heavy atom. The maximum absolute atomic E-state index is 15.4. The highest BCUT2D eigenvalue weighted by Gasteiger charge is 2.40. The first-order valence-electron chi connectivity index (χ1n) is 10.0. The maximum atomic E-state index is 15.4. The topological polar surface area (TPSA) is 58.6 Å². The number of nitrogens with zero attached hydrogens (tertiary/aromatic N) is 1. The van der Waals surface area contributed by atoms with Gasteiger partial charge in [-0.05, 0) is 61.4 Å². The lowest BCUT2D eigenvalue weighted by Gasteiger charge is -2.34. The number of rotatable bonds is 5. The zero-order valence-electron chi connectivity index (χ0n) is 17.2. The lowest BCUT2D eigenvalue weighted by Crippen LogP contribution is -2.44. The number of hydrogen-bond acceptors (Lipinski definition) is 3. The molecule has 30 heavy (non-hydrogen) atoms. The van der Waals surface area contributed by atoms with Gasteiger partial charge in [0, 0.05) is 6.42 Å². The number of aryl methyl sites for hydroxylation is 1. The lowest BCUT2D eigenvalue weighted by molar-refractivity contribution is -0.125. The van der Waals surface area contributed by atoms with Crippen LogP contribution in [0.1, 0.15) is 44.2 Å². The largest absolute Gasteiger partial charge is 0.476 e. The van der Waals surface area contributed by atoms with Gasteiger partial charge in [0.05, 0.1) is 17.9 Å². The summed E-state index contributed by atoms with van der Waals surface area (Å²) in [5.74, 6) is -1.68. The molecular weight excluding hydrogens is 390 g/mol. The van der Waals surface area contributed by atoms with Crippen LogP contribution < -0.4 is 15.0 Å². The van der Waals surface area contributed by atoms with Gasteiger partial charge in [-0.3, -0.25) is 9.59 Å². The number of nitrogens with one attached hydrogen (secondary N) is 1. The Labute approximate surface area is 174 Å². The molecule has 2 amide bonds. The van der Waals surface area contributed by atoms with Crippen molar-refractivity contribution < 1.29 is 23.1 Å². The van der Waals surface area contributed by atoms with Crippen LogP contribution in [-0.2, 0) is 16.1 Å². The van der Waals surface area contributed by atoms with Gasteiger partial charge in [-0.2, -0.15) is 0 Å². The summed E-state index contributed by atoms with van der Waals surface area (Å²) in [6.45, 7) is 5.42. The smallest absolute Gasteiger partial charge is 0.268 e. The molecule has 0 saturated heterocycles. The molecule has 4 rings (SSSR count). The number of fused-ring (bicyclic) bond motifs is 1. The summed E-state index contributed by atoms with van der Waals surface area (Å²) in [5.41, 5.74) is 1.58. The van der Waals surface area contributed by atoms with E-state index in [2.05, 4.69) is 5.32 Å². The summed E-state index contributed by atoms with van der Waals surface area (Å²) in [5, 5.41) is 2.68. The molecule has 1 aliphatic carbocycles. The third kappa shape index (κ3) is 3.88. The first-order chi connectivity index (χ1) is 14.2. The average molecular weight is 414 g/mol. The van der Waals surface area contributed by atoms with E-state index in [9.17, 15) is 14.0 Å². The Kier molecular flexibility index (Phi) is 5.00. The number of benzene rings is 2. The summed E-state index contributed by atoms with van der Waals surface area (Å²) in [7, 11) is 0. The first-order valence-corrected chi connectivity index (χ1v) is 10.0. The summed E-state index contributed by atoms with van der Waals surface area (Å²) < 4.78 is 34.2. The normalized spacial score (nSPS) is 19.2. The van der Waals surface area contributed by atoms with E-state index in [1.165, 1.54) is 17.0 Å². The number of halogens is 2. The highest BCUT2D eigenvalue weighted by atomic mass is 19.1. The molecule has 0 spiro atoms. The molecule has 1 N–H and O–H groups in total. The van der Waals surface area contributed by atoms with Crippen LogP contribution in [0.4, 0.5) is 20.2 Å². The van der Waals surface area contributed by atoms with Crippen molar-refractivity contribution >= 4 is 23.2 Å². The first kappa shape index (κ1) is 20.3. The van der Waals surface area contributed by atoms with E-state index in [1.54, 1.807) is 32.0 Å². The minimum absolute atomic E-state index is 0.00601.